The quantitative estimate of drug-likeness (QED) is 0.704. The van der Waals surface area contributed by atoms with Gasteiger partial charge < -0.3 is 15.8 Å². The van der Waals surface area contributed by atoms with Crippen LogP contribution in [0.25, 0.3) is 0 Å². The summed E-state index contributed by atoms with van der Waals surface area (Å²) in [7, 11) is 1.47. The molecule has 14 heavy (non-hydrogen) atoms. The molecule has 1 aromatic heterocycles. The van der Waals surface area contributed by atoms with E-state index in [1.54, 1.807) is 18.3 Å². The lowest BCUT2D eigenvalue weighted by Gasteiger charge is -2.05. The highest BCUT2D eigenvalue weighted by molar-refractivity contribution is 5.77. The van der Waals surface area contributed by atoms with Crippen LogP contribution in [-0.2, 0) is 16.1 Å². The minimum atomic E-state index is -0.183. The largest absolute Gasteiger partial charge is 0.397 e. The third-order valence-electron chi connectivity index (χ3n) is 1.65. The summed E-state index contributed by atoms with van der Waals surface area (Å²) in [6.07, 6.45) is 1.63. The number of nitrogen functional groups attached to an aromatic ring is 1. The van der Waals surface area contributed by atoms with Gasteiger partial charge in [-0.15, -0.1) is 0 Å². The van der Waals surface area contributed by atoms with Crippen LogP contribution in [0.1, 0.15) is 5.69 Å². The molecule has 0 bridgehead atoms. The predicted octanol–water partition coefficient (Wildman–Crippen LogP) is -0.0736. The van der Waals surface area contributed by atoms with Crippen LogP contribution in [0, 0.1) is 0 Å². The monoisotopic (exact) mass is 195 g/mol. The van der Waals surface area contributed by atoms with Gasteiger partial charge in [0, 0.05) is 13.3 Å². The zero-order valence-electron chi connectivity index (χ0n) is 7.99. The second-order valence-electron chi connectivity index (χ2n) is 2.75. The van der Waals surface area contributed by atoms with E-state index in [4.69, 9.17) is 5.73 Å². The second kappa shape index (κ2) is 5.18. The number of methoxy groups -OCH3 is 1. The summed E-state index contributed by atoms with van der Waals surface area (Å²) >= 11 is 0. The van der Waals surface area contributed by atoms with Crippen molar-refractivity contribution < 1.29 is 9.53 Å². The Kier molecular flexibility index (Phi) is 3.87. The number of aromatic nitrogens is 1. The zero-order chi connectivity index (χ0) is 10.4. The Morgan fingerprint density at radius 1 is 1.71 bits per heavy atom. The van der Waals surface area contributed by atoms with E-state index in [0.29, 0.717) is 17.9 Å². The van der Waals surface area contributed by atoms with E-state index in [1.165, 1.54) is 7.11 Å². The molecular formula is C9H13N3O2. The lowest BCUT2D eigenvalue weighted by Crippen LogP contribution is -2.27. The molecule has 0 radical (unpaired) electrons. The van der Waals surface area contributed by atoms with Crippen LogP contribution in [-0.4, -0.2) is 24.6 Å². The highest BCUT2D eigenvalue weighted by Crippen LogP contribution is 2.05. The third kappa shape index (κ3) is 3.02. The zero-order valence-corrected chi connectivity index (χ0v) is 7.99. The van der Waals surface area contributed by atoms with Gasteiger partial charge in [-0.2, -0.15) is 0 Å². The summed E-state index contributed by atoms with van der Waals surface area (Å²) in [5.74, 6) is -0.183. The number of rotatable bonds is 4. The molecule has 0 aliphatic rings. The van der Waals surface area contributed by atoms with E-state index < -0.39 is 0 Å². The van der Waals surface area contributed by atoms with E-state index in [1.807, 2.05) is 0 Å². The molecule has 0 saturated carbocycles. The van der Waals surface area contributed by atoms with Crippen LogP contribution < -0.4 is 11.1 Å². The van der Waals surface area contributed by atoms with Crippen molar-refractivity contribution in [2.75, 3.05) is 19.5 Å². The predicted molar refractivity (Wildman–Crippen MR) is 52.4 cm³/mol. The first-order valence-electron chi connectivity index (χ1n) is 4.19. The van der Waals surface area contributed by atoms with Crippen molar-refractivity contribution in [3.63, 3.8) is 0 Å². The highest BCUT2D eigenvalue weighted by Gasteiger charge is 2.02. The summed E-state index contributed by atoms with van der Waals surface area (Å²) in [5.41, 5.74) is 6.87. The van der Waals surface area contributed by atoms with Crippen LogP contribution in [0.2, 0.25) is 0 Å². The fraction of sp³-hybridized carbons (Fsp3) is 0.333. The van der Waals surface area contributed by atoms with E-state index >= 15 is 0 Å². The first-order valence-corrected chi connectivity index (χ1v) is 4.19. The molecule has 0 fully saturated rings. The Balaban J connectivity index is 2.46. The maximum absolute atomic E-state index is 11.0. The smallest absolute Gasteiger partial charge is 0.246 e. The molecular weight excluding hydrogens is 182 g/mol. The Labute approximate surface area is 82.3 Å². The van der Waals surface area contributed by atoms with Crippen LogP contribution >= 0.6 is 0 Å². The molecule has 76 valence electrons. The van der Waals surface area contributed by atoms with Gasteiger partial charge in [0.1, 0.15) is 6.61 Å². The number of anilines is 1. The number of nitrogens with two attached hydrogens (primary N) is 1. The van der Waals surface area contributed by atoms with Crippen molar-refractivity contribution in [1.82, 2.24) is 10.3 Å². The van der Waals surface area contributed by atoms with Crippen LogP contribution in [0.3, 0.4) is 0 Å². The molecule has 0 atom stereocenters. The maximum atomic E-state index is 11.0. The standard InChI is InChI=1S/C9H13N3O2/c1-14-6-9(13)12-5-8-7(10)3-2-4-11-8/h2-4H,5-6,10H2,1H3,(H,12,13). The number of ether oxygens (including phenoxy) is 1. The topological polar surface area (TPSA) is 77.2 Å². The number of nitrogens with zero attached hydrogens (tertiary/aromatic N) is 1. The maximum Gasteiger partial charge on any atom is 0.246 e. The second-order valence-corrected chi connectivity index (χ2v) is 2.75. The van der Waals surface area contributed by atoms with Gasteiger partial charge in [0.25, 0.3) is 0 Å². The Morgan fingerprint density at radius 3 is 3.14 bits per heavy atom. The molecule has 0 unspecified atom stereocenters. The molecule has 5 nitrogen and oxygen atoms in total. The average Bonchev–Trinajstić information content (AvgIpc) is 2.17. The van der Waals surface area contributed by atoms with Crippen LogP contribution in [0.5, 0.6) is 0 Å². The van der Waals surface area contributed by atoms with E-state index in [-0.39, 0.29) is 12.5 Å². The van der Waals surface area contributed by atoms with Crippen molar-refractivity contribution in [1.29, 1.82) is 0 Å². The van der Waals surface area contributed by atoms with Gasteiger partial charge in [0.2, 0.25) is 5.91 Å². The van der Waals surface area contributed by atoms with Crippen LogP contribution in [0.4, 0.5) is 5.69 Å². The SMILES string of the molecule is COCC(=O)NCc1ncccc1N. The van der Waals surface area contributed by atoms with Crippen molar-refractivity contribution >= 4 is 11.6 Å². The normalized spacial score (nSPS) is 9.79. The minimum Gasteiger partial charge on any atom is -0.397 e. The van der Waals surface area contributed by atoms with Gasteiger partial charge in [-0.3, -0.25) is 9.78 Å². The van der Waals surface area contributed by atoms with E-state index in [0.717, 1.165) is 0 Å². The molecule has 1 rings (SSSR count). The van der Waals surface area contributed by atoms with Crippen molar-refractivity contribution in [2.24, 2.45) is 0 Å². The fourth-order valence-electron chi connectivity index (χ4n) is 0.963. The summed E-state index contributed by atoms with van der Waals surface area (Å²) in [5, 5.41) is 2.63. The summed E-state index contributed by atoms with van der Waals surface area (Å²) < 4.78 is 4.66. The molecule has 0 aliphatic heterocycles. The lowest BCUT2D eigenvalue weighted by atomic mass is 10.3. The number of nitrogens with one attached hydrogen (secondary N) is 1. The summed E-state index contributed by atoms with van der Waals surface area (Å²) in [6.45, 7) is 0.377. The van der Waals surface area contributed by atoms with Gasteiger partial charge >= 0.3 is 0 Å². The van der Waals surface area contributed by atoms with Crippen molar-refractivity contribution in [2.45, 2.75) is 6.54 Å². The Hall–Kier alpha value is -1.62. The molecule has 3 N–H and O–H groups in total. The van der Waals surface area contributed by atoms with Gasteiger partial charge in [-0.25, -0.2) is 0 Å². The third-order valence-corrected chi connectivity index (χ3v) is 1.65. The molecule has 1 aromatic rings. The van der Waals surface area contributed by atoms with E-state index in [2.05, 4.69) is 15.0 Å². The van der Waals surface area contributed by atoms with Crippen LogP contribution in [0.15, 0.2) is 18.3 Å². The number of carbonyl (C=O) groups is 1. The first kappa shape index (κ1) is 10.5. The molecule has 0 saturated heterocycles. The van der Waals surface area contributed by atoms with Gasteiger partial charge in [0.05, 0.1) is 17.9 Å². The van der Waals surface area contributed by atoms with Crippen molar-refractivity contribution in [3.8, 4) is 0 Å². The molecule has 1 heterocycles. The summed E-state index contributed by atoms with van der Waals surface area (Å²) in [4.78, 5) is 15.1. The molecule has 0 aromatic carbocycles. The Bertz CT molecular complexity index is 315. The van der Waals surface area contributed by atoms with Crippen molar-refractivity contribution in [3.05, 3.63) is 24.0 Å². The molecule has 0 aliphatic carbocycles. The lowest BCUT2D eigenvalue weighted by molar-refractivity contribution is -0.124. The molecule has 0 spiro atoms. The highest BCUT2D eigenvalue weighted by atomic mass is 16.5. The van der Waals surface area contributed by atoms with Gasteiger partial charge in [-0.1, -0.05) is 0 Å². The molecule has 5 heteroatoms. The number of hydrogen-bond donors (Lipinski definition) is 2. The number of hydrogen-bond acceptors (Lipinski definition) is 4. The average molecular weight is 195 g/mol. The minimum absolute atomic E-state index is 0.0484. The molecule has 1 amide bonds. The van der Waals surface area contributed by atoms with Gasteiger partial charge in [-0.05, 0) is 12.1 Å². The Morgan fingerprint density at radius 2 is 2.50 bits per heavy atom. The van der Waals surface area contributed by atoms with E-state index in [9.17, 15) is 4.79 Å². The van der Waals surface area contributed by atoms with Gasteiger partial charge in [0.15, 0.2) is 0 Å². The fourth-order valence-corrected chi connectivity index (χ4v) is 0.963. The number of carbonyl (C=O) groups excluding carboxylic acids is 1. The number of pyridine rings is 1. The summed E-state index contributed by atoms with van der Waals surface area (Å²) in [6, 6.07) is 3.49. The first-order chi connectivity index (χ1) is 6.74. The number of amides is 1.